The van der Waals surface area contributed by atoms with E-state index in [1.807, 2.05) is 35.2 Å². The van der Waals surface area contributed by atoms with E-state index < -0.39 is 12.2 Å². The minimum Gasteiger partial charge on any atom is -0.438 e. The Bertz CT molecular complexity index is 1500. The molecule has 3 atom stereocenters. The zero-order valence-corrected chi connectivity index (χ0v) is 23.5. The molecule has 2 aromatic heterocycles. The standard InChI is InChI=1S/C32H36N6O4/c39-31(41-27-13-18-37-19-16-33-29(27)37)35-14-5-9-23-7-4-8-24(21-23)10-6-15-36-32(40)42-28-22-26(25-11-2-1-3-12-25)38-20-17-34-30(28)38/h1-4,7-8,11-12,16-17,19-21,26-28H,5-6,9-10,13-15,18,22H2,(H,35,39)(H,36,40)/t26-,27-,28-/m1/s1. The van der Waals surface area contributed by atoms with Gasteiger partial charge in [0.1, 0.15) is 5.82 Å². The van der Waals surface area contributed by atoms with Gasteiger partial charge >= 0.3 is 12.2 Å². The van der Waals surface area contributed by atoms with Gasteiger partial charge in [-0.2, -0.15) is 0 Å². The first-order valence-corrected chi connectivity index (χ1v) is 14.7. The fourth-order valence-corrected chi connectivity index (χ4v) is 5.88. The van der Waals surface area contributed by atoms with Gasteiger partial charge in [-0.1, -0.05) is 54.6 Å². The van der Waals surface area contributed by atoms with Crippen molar-refractivity contribution in [1.82, 2.24) is 29.7 Å². The number of carbonyl (C=O) groups excluding carboxylic acids is 2. The molecular formula is C32H36N6O4. The normalized spacial score (nSPS) is 18.7. The van der Waals surface area contributed by atoms with Gasteiger partial charge in [-0.25, -0.2) is 19.6 Å². The SMILES string of the molecule is O=C(NCCCc1cccc(CCCNC(=O)O[C@@H]2C[C@H](c3ccccc3)n3ccnc32)c1)O[C@@H]1CCn2ccnc21. The highest BCUT2D eigenvalue weighted by Crippen LogP contribution is 2.39. The zero-order chi connectivity index (χ0) is 28.7. The van der Waals surface area contributed by atoms with Crippen LogP contribution in [0.2, 0.25) is 0 Å². The molecule has 0 saturated carbocycles. The van der Waals surface area contributed by atoms with E-state index in [0.29, 0.717) is 19.5 Å². The summed E-state index contributed by atoms with van der Waals surface area (Å²) in [5.74, 6) is 1.59. The Balaban J connectivity index is 0.879. The third kappa shape index (κ3) is 6.48. The van der Waals surface area contributed by atoms with Crippen molar-refractivity contribution < 1.29 is 19.1 Å². The summed E-state index contributed by atoms with van der Waals surface area (Å²) in [7, 11) is 0. The van der Waals surface area contributed by atoms with Crippen molar-refractivity contribution in [2.75, 3.05) is 13.1 Å². The molecule has 4 aromatic rings. The first-order valence-electron chi connectivity index (χ1n) is 14.7. The first kappa shape index (κ1) is 27.6. The lowest BCUT2D eigenvalue weighted by Crippen LogP contribution is -2.27. The van der Waals surface area contributed by atoms with Gasteiger partial charge in [0.05, 0.1) is 6.04 Å². The van der Waals surface area contributed by atoms with Crippen molar-refractivity contribution in [2.24, 2.45) is 0 Å². The third-order valence-corrected chi connectivity index (χ3v) is 7.93. The predicted octanol–water partition coefficient (Wildman–Crippen LogP) is 5.28. The highest BCUT2D eigenvalue weighted by molar-refractivity contribution is 5.67. The van der Waals surface area contributed by atoms with Crippen molar-refractivity contribution in [3.63, 3.8) is 0 Å². The van der Waals surface area contributed by atoms with Crippen molar-refractivity contribution in [3.05, 3.63) is 108 Å². The molecule has 2 aliphatic rings. The van der Waals surface area contributed by atoms with E-state index in [1.54, 1.807) is 12.4 Å². The van der Waals surface area contributed by atoms with Crippen LogP contribution in [-0.2, 0) is 28.9 Å². The average molecular weight is 569 g/mol. The predicted molar refractivity (Wildman–Crippen MR) is 156 cm³/mol. The van der Waals surface area contributed by atoms with E-state index in [9.17, 15) is 9.59 Å². The van der Waals surface area contributed by atoms with Gasteiger partial charge in [0.25, 0.3) is 0 Å². The minimum atomic E-state index is -0.416. The molecule has 0 radical (unpaired) electrons. The quantitative estimate of drug-likeness (QED) is 0.238. The van der Waals surface area contributed by atoms with Crippen LogP contribution >= 0.6 is 0 Å². The molecule has 2 N–H and O–H groups in total. The van der Waals surface area contributed by atoms with Crippen molar-refractivity contribution in [3.8, 4) is 0 Å². The summed E-state index contributed by atoms with van der Waals surface area (Å²) < 4.78 is 15.4. The number of alkyl carbamates (subject to hydrolysis) is 2. The van der Waals surface area contributed by atoms with Crippen LogP contribution in [0.1, 0.15) is 72.3 Å². The number of ether oxygens (including phenoxy) is 2. The number of nitrogens with one attached hydrogen (secondary N) is 2. The second-order valence-corrected chi connectivity index (χ2v) is 10.8. The summed E-state index contributed by atoms with van der Waals surface area (Å²) >= 11 is 0. The maximum atomic E-state index is 12.6. The molecule has 0 spiro atoms. The van der Waals surface area contributed by atoms with E-state index >= 15 is 0 Å². The fourth-order valence-electron chi connectivity index (χ4n) is 5.88. The summed E-state index contributed by atoms with van der Waals surface area (Å²) in [5.41, 5.74) is 3.62. The number of imidazole rings is 2. The van der Waals surface area contributed by atoms with Crippen molar-refractivity contribution in [1.29, 1.82) is 0 Å². The maximum Gasteiger partial charge on any atom is 0.407 e. The molecule has 0 aliphatic carbocycles. The lowest BCUT2D eigenvalue weighted by atomic mass is 10.0. The molecule has 2 amide bonds. The summed E-state index contributed by atoms with van der Waals surface area (Å²) in [6, 6.07) is 18.8. The average Bonchev–Trinajstić information content (AvgIpc) is 3.79. The van der Waals surface area contributed by atoms with Gasteiger partial charge in [-0.05, 0) is 42.4 Å². The van der Waals surface area contributed by atoms with E-state index in [0.717, 1.165) is 50.3 Å². The van der Waals surface area contributed by atoms with Crippen LogP contribution in [-0.4, -0.2) is 44.4 Å². The summed E-state index contributed by atoms with van der Waals surface area (Å²) in [5, 5.41) is 5.75. The Morgan fingerprint density at radius 1 is 0.810 bits per heavy atom. The lowest BCUT2D eigenvalue weighted by Gasteiger charge is -2.14. The van der Waals surface area contributed by atoms with Crippen LogP contribution in [0, 0.1) is 0 Å². The molecule has 2 aromatic carbocycles. The Kier molecular flexibility index (Phi) is 8.48. The number of rotatable bonds is 11. The molecule has 218 valence electrons. The summed E-state index contributed by atoms with van der Waals surface area (Å²) in [6.07, 6.45) is 10.6. The maximum absolute atomic E-state index is 12.6. The molecule has 42 heavy (non-hydrogen) atoms. The van der Waals surface area contributed by atoms with E-state index in [-0.39, 0.29) is 18.2 Å². The number of nitrogens with zero attached hydrogens (tertiary/aromatic N) is 4. The Morgan fingerprint density at radius 2 is 1.48 bits per heavy atom. The van der Waals surface area contributed by atoms with E-state index in [1.165, 1.54) is 16.7 Å². The van der Waals surface area contributed by atoms with Gasteiger partial charge in [-0.3, -0.25) is 0 Å². The Labute approximate surface area is 245 Å². The topological polar surface area (TPSA) is 112 Å². The summed E-state index contributed by atoms with van der Waals surface area (Å²) in [4.78, 5) is 33.5. The van der Waals surface area contributed by atoms with Crippen LogP contribution in [0.15, 0.2) is 79.4 Å². The van der Waals surface area contributed by atoms with Gasteiger partial charge in [0.2, 0.25) is 0 Å². The second kappa shape index (κ2) is 12.9. The summed E-state index contributed by atoms with van der Waals surface area (Å²) in [6.45, 7) is 1.90. The molecule has 4 heterocycles. The lowest BCUT2D eigenvalue weighted by molar-refractivity contribution is 0.0944. The van der Waals surface area contributed by atoms with Gasteiger partial charge in [-0.15, -0.1) is 0 Å². The number of fused-ring (bicyclic) bond motifs is 2. The second-order valence-electron chi connectivity index (χ2n) is 10.8. The zero-order valence-electron chi connectivity index (χ0n) is 23.5. The van der Waals surface area contributed by atoms with Gasteiger partial charge in [0, 0.05) is 57.3 Å². The van der Waals surface area contributed by atoms with Crippen LogP contribution in [0.25, 0.3) is 0 Å². The molecule has 0 saturated heterocycles. The number of carbonyl (C=O) groups is 2. The van der Waals surface area contributed by atoms with E-state index in [2.05, 4.69) is 61.6 Å². The van der Waals surface area contributed by atoms with Crippen molar-refractivity contribution in [2.45, 2.75) is 63.3 Å². The Morgan fingerprint density at radius 3 is 2.21 bits per heavy atom. The number of aromatic nitrogens is 4. The van der Waals surface area contributed by atoms with Crippen molar-refractivity contribution >= 4 is 12.2 Å². The number of benzene rings is 2. The molecule has 6 rings (SSSR count). The molecule has 2 aliphatic heterocycles. The van der Waals surface area contributed by atoms with Crippen LogP contribution in [0.4, 0.5) is 9.59 Å². The molecule has 0 unspecified atom stereocenters. The molecular weight excluding hydrogens is 532 g/mol. The fraction of sp³-hybridized carbons (Fsp3) is 0.375. The van der Waals surface area contributed by atoms with Gasteiger partial charge in [0.15, 0.2) is 18.0 Å². The van der Waals surface area contributed by atoms with Crippen LogP contribution < -0.4 is 10.6 Å². The highest BCUT2D eigenvalue weighted by Gasteiger charge is 2.35. The molecule has 0 fully saturated rings. The number of hydrogen-bond donors (Lipinski definition) is 2. The van der Waals surface area contributed by atoms with Crippen LogP contribution in [0.3, 0.4) is 0 Å². The van der Waals surface area contributed by atoms with Crippen LogP contribution in [0.5, 0.6) is 0 Å². The number of hydrogen-bond acceptors (Lipinski definition) is 6. The monoisotopic (exact) mass is 568 g/mol. The third-order valence-electron chi connectivity index (χ3n) is 7.93. The van der Waals surface area contributed by atoms with E-state index in [4.69, 9.17) is 9.47 Å². The number of amides is 2. The molecule has 10 heteroatoms. The molecule has 10 nitrogen and oxygen atoms in total. The minimum absolute atomic E-state index is 0.113. The van der Waals surface area contributed by atoms with Gasteiger partial charge < -0.3 is 29.2 Å². The largest absolute Gasteiger partial charge is 0.438 e. The molecule has 0 bridgehead atoms. The first-order chi connectivity index (χ1) is 20.6. The number of aryl methyl sites for hydroxylation is 3. The Hall–Kier alpha value is -4.60. The smallest absolute Gasteiger partial charge is 0.407 e. The highest BCUT2D eigenvalue weighted by atomic mass is 16.6.